The first-order valence-corrected chi connectivity index (χ1v) is 8.96. The van der Waals surface area contributed by atoms with E-state index in [4.69, 9.17) is 11.6 Å². The first-order chi connectivity index (χ1) is 13.6. The molecule has 0 aliphatic rings. The van der Waals surface area contributed by atoms with Crippen molar-refractivity contribution in [2.24, 2.45) is 5.10 Å². The van der Waals surface area contributed by atoms with Crippen LogP contribution in [-0.2, 0) is 0 Å². The van der Waals surface area contributed by atoms with Crippen LogP contribution >= 0.6 is 11.6 Å². The van der Waals surface area contributed by atoms with E-state index >= 15 is 0 Å². The summed E-state index contributed by atoms with van der Waals surface area (Å²) in [5.74, 6) is -0.877. The van der Waals surface area contributed by atoms with Gasteiger partial charge in [-0.25, -0.2) is 9.82 Å². The lowest BCUT2D eigenvalue weighted by molar-refractivity contribution is 0.0951. The molecule has 0 aliphatic heterocycles. The third kappa shape index (κ3) is 3.52. The minimum absolute atomic E-state index is 0.250. The van der Waals surface area contributed by atoms with E-state index in [-0.39, 0.29) is 11.2 Å². The number of H-pyrrole nitrogens is 1. The van der Waals surface area contributed by atoms with Crippen LogP contribution in [-0.4, -0.2) is 17.1 Å². The minimum Gasteiger partial charge on any atom is -0.348 e. The van der Waals surface area contributed by atoms with E-state index in [0.29, 0.717) is 16.0 Å². The van der Waals surface area contributed by atoms with Crippen LogP contribution in [0.4, 0.5) is 4.39 Å². The summed E-state index contributed by atoms with van der Waals surface area (Å²) in [5, 5.41) is 5.25. The van der Waals surface area contributed by atoms with Gasteiger partial charge in [0.25, 0.3) is 5.91 Å². The third-order valence-corrected chi connectivity index (χ3v) is 4.57. The number of nitrogens with zero attached hydrogens (tertiary/aromatic N) is 1. The van der Waals surface area contributed by atoms with Crippen LogP contribution in [0.5, 0.6) is 0 Å². The minimum atomic E-state index is -0.459. The summed E-state index contributed by atoms with van der Waals surface area (Å²) in [7, 11) is 0. The van der Waals surface area contributed by atoms with Crippen LogP contribution in [0.15, 0.2) is 77.9 Å². The normalized spacial score (nSPS) is 11.2. The zero-order chi connectivity index (χ0) is 19.5. The Hall–Kier alpha value is -3.44. The second kappa shape index (κ2) is 7.66. The first kappa shape index (κ1) is 17.9. The van der Waals surface area contributed by atoms with E-state index < -0.39 is 11.7 Å². The van der Waals surface area contributed by atoms with Gasteiger partial charge in [-0.3, -0.25) is 4.79 Å². The number of hydrazone groups is 1. The van der Waals surface area contributed by atoms with Crippen molar-refractivity contribution < 1.29 is 9.18 Å². The van der Waals surface area contributed by atoms with Crippen LogP contribution < -0.4 is 5.43 Å². The van der Waals surface area contributed by atoms with E-state index in [0.717, 1.165) is 11.1 Å². The number of carbonyl (C=O) groups is 1. The lowest BCUT2D eigenvalue weighted by Crippen LogP contribution is -2.18. The monoisotopic (exact) mass is 391 g/mol. The second-order valence-electron chi connectivity index (χ2n) is 6.15. The largest absolute Gasteiger partial charge is 0.348 e. The molecular weight excluding hydrogens is 377 g/mol. The van der Waals surface area contributed by atoms with Crippen LogP contribution in [0, 0.1) is 5.82 Å². The van der Waals surface area contributed by atoms with Crippen molar-refractivity contribution in [3.05, 3.63) is 94.9 Å². The summed E-state index contributed by atoms with van der Waals surface area (Å²) >= 11 is 5.85. The van der Waals surface area contributed by atoms with E-state index in [9.17, 15) is 9.18 Å². The molecule has 0 radical (unpaired) electrons. The maximum atomic E-state index is 14.3. The molecule has 1 heterocycles. The number of fused-ring (bicyclic) bond motifs is 1. The maximum Gasteiger partial charge on any atom is 0.288 e. The molecule has 0 fully saturated rings. The summed E-state index contributed by atoms with van der Waals surface area (Å²) in [5.41, 5.74) is 5.26. The second-order valence-corrected chi connectivity index (χ2v) is 6.59. The predicted octanol–water partition coefficient (Wildman–Crippen LogP) is 5.39. The quantitative estimate of drug-likeness (QED) is 0.355. The number of rotatable bonds is 4. The number of aromatic amines is 1. The van der Waals surface area contributed by atoms with Crippen molar-refractivity contribution >= 4 is 34.6 Å². The number of para-hydroxylation sites is 1. The van der Waals surface area contributed by atoms with E-state index in [1.54, 1.807) is 36.4 Å². The topological polar surface area (TPSA) is 57.2 Å². The molecule has 0 bridgehead atoms. The highest BCUT2D eigenvalue weighted by atomic mass is 35.5. The number of benzene rings is 3. The van der Waals surface area contributed by atoms with Gasteiger partial charge in [-0.1, -0.05) is 66.2 Å². The van der Waals surface area contributed by atoms with Gasteiger partial charge in [-0.2, -0.15) is 5.10 Å². The Morgan fingerprint density at radius 3 is 2.50 bits per heavy atom. The molecule has 0 saturated carbocycles. The van der Waals surface area contributed by atoms with Crippen LogP contribution in [0.3, 0.4) is 0 Å². The molecule has 0 unspecified atom stereocenters. The molecule has 4 aromatic rings. The number of halogens is 2. The van der Waals surface area contributed by atoms with Gasteiger partial charge in [0.15, 0.2) is 0 Å². The molecule has 4 rings (SSSR count). The van der Waals surface area contributed by atoms with Crippen molar-refractivity contribution in [2.75, 3.05) is 0 Å². The molecule has 3 aromatic carbocycles. The fourth-order valence-corrected chi connectivity index (χ4v) is 3.15. The molecule has 2 N–H and O–H groups in total. The fourth-order valence-electron chi connectivity index (χ4n) is 3.03. The van der Waals surface area contributed by atoms with Crippen LogP contribution in [0.1, 0.15) is 16.1 Å². The van der Waals surface area contributed by atoms with Gasteiger partial charge in [-0.15, -0.1) is 0 Å². The van der Waals surface area contributed by atoms with Crippen molar-refractivity contribution in [1.29, 1.82) is 0 Å². The standard InChI is InChI=1S/C22H15ClFN3O/c23-16-11-9-14(10-12-16)13-25-27-22(28)21-19(15-5-2-1-3-6-15)17-7-4-8-18(24)20(17)26-21/h1-13,26H,(H,27,28). The zero-order valence-corrected chi connectivity index (χ0v) is 15.4. The molecular formula is C22H15ClFN3O. The first-order valence-electron chi connectivity index (χ1n) is 8.58. The number of carbonyl (C=O) groups excluding carboxylic acids is 1. The van der Waals surface area contributed by atoms with Gasteiger partial charge in [0, 0.05) is 16.0 Å². The van der Waals surface area contributed by atoms with E-state index in [1.807, 2.05) is 30.3 Å². The van der Waals surface area contributed by atoms with Crippen LogP contribution in [0.25, 0.3) is 22.0 Å². The lowest BCUT2D eigenvalue weighted by atomic mass is 10.0. The zero-order valence-electron chi connectivity index (χ0n) is 14.6. The van der Waals surface area contributed by atoms with Gasteiger partial charge in [0.1, 0.15) is 11.5 Å². The number of amides is 1. The van der Waals surface area contributed by atoms with Gasteiger partial charge >= 0.3 is 0 Å². The maximum absolute atomic E-state index is 14.3. The van der Waals surface area contributed by atoms with Crippen molar-refractivity contribution in [2.45, 2.75) is 0 Å². The van der Waals surface area contributed by atoms with Crippen molar-refractivity contribution in [3.8, 4) is 11.1 Å². The molecule has 0 atom stereocenters. The molecule has 0 aliphatic carbocycles. The van der Waals surface area contributed by atoms with E-state index in [2.05, 4.69) is 15.5 Å². The molecule has 138 valence electrons. The molecule has 6 heteroatoms. The van der Waals surface area contributed by atoms with Gasteiger partial charge in [-0.05, 0) is 29.3 Å². The molecule has 4 nitrogen and oxygen atoms in total. The Labute approximate surface area is 165 Å². The Morgan fingerprint density at radius 1 is 1.00 bits per heavy atom. The van der Waals surface area contributed by atoms with Gasteiger partial charge in [0.2, 0.25) is 0 Å². The Kier molecular flexibility index (Phi) is 4.91. The third-order valence-electron chi connectivity index (χ3n) is 4.32. The summed E-state index contributed by atoms with van der Waals surface area (Å²) in [6, 6.07) is 21.2. The van der Waals surface area contributed by atoms with Gasteiger partial charge in [0.05, 0.1) is 11.7 Å². The molecule has 1 aromatic heterocycles. The van der Waals surface area contributed by atoms with Crippen molar-refractivity contribution in [1.82, 2.24) is 10.4 Å². The Morgan fingerprint density at radius 2 is 1.75 bits per heavy atom. The summed E-state index contributed by atoms with van der Waals surface area (Å²) in [6.07, 6.45) is 1.51. The summed E-state index contributed by atoms with van der Waals surface area (Å²) < 4.78 is 14.3. The van der Waals surface area contributed by atoms with Gasteiger partial charge < -0.3 is 4.98 Å². The Balaban J connectivity index is 1.70. The smallest absolute Gasteiger partial charge is 0.288 e. The number of hydrogen-bond donors (Lipinski definition) is 2. The molecule has 0 spiro atoms. The fraction of sp³-hybridized carbons (Fsp3) is 0. The number of aromatic nitrogens is 1. The average molecular weight is 392 g/mol. The van der Waals surface area contributed by atoms with Crippen LogP contribution in [0.2, 0.25) is 5.02 Å². The molecule has 1 amide bonds. The SMILES string of the molecule is O=C(NN=Cc1ccc(Cl)cc1)c1[nH]c2c(F)cccc2c1-c1ccccc1. The highest BCUT2D eigenvalue weighted by Gasteiger charge is 2.20. The summed E-state index contributed by atoms with van der Waals surface area (Å²) in [6.45, 7) is 0. The molecule has 0 saturated heterocycles. The van der Waals surface area contributed by atoms with Crippen molar-refractivity contribution in [3.63, 3.8) is 0 Å². The number of hydrogen-bond acceptors (Lipinski definition) is 2. The van der Waals surface area contributed by atoms with E-state index in [1.165, 1.54) is 12.3 Å². The Bertz CT molecular complexity index is 1170. The number of nitrogens with one attached hydrogen (secondary N) is 2. The predicted molar refractivity (Wildman–Crippen MR) is 110 cm³/mol. The highest BCUT2D eigenvalue weighted by Crippen LogP contribution is 2.33. The average Bonchev–Trinajstić information content (AvgIpc) is 3.11. The lowest BCUT2D eigenvalue weighted by Gasteiger charge is -2.04. The highest BCUT2D eigenvalue weighted by molar-refractivity contribution is 6.30. The summed E-state index contributed by atoms with van der Waals surface area (Å²) in [4.78, 5) is 15.7. The molecule has 28 heavy (non-hydrogen) atoms.